The van der Waals surface area contributed by atoms with Crippen molar-refractivity contribution in [3.05, 3.63) is 90.9 Å². The Hall–Kier alpha value is -4.01. The highest BCUT2D eigenvalue weighted by molar-refractivity contribution is 7.22. The van der Waals surface area contributed by atoms with Gasteiger partial charge in [-0.3, -0.25) is 0 Å². The van der Waals surface area contributed by atoms with E-state index in [0.29, 0.717) is 0 Å². The van der Waals surface area contributed by atoms with Gasteiger partial charge in [-0.15, -0.1) is 11.3 Å². The molecule has 8 heteroatoms. The molecule has 0 atom stereocenters. The summed E-state index contributed by atoms with van der Waals surface area (Å²) in [5.41, 5.74) is 6.67. The van der Waals surface area contributed by atoms with Crippen LogP contribution in [0.2, 0.25) is 0 Å². The molecule has 0 spiro atoms. The monoisotopic (exact) mass is 465 g/mol. The summed E-state index contributed by atoms with van der Waals surface area (Å²) in [5.74, 6) is 0.828. The molecule has 0 aliphatic rings. The smallest absolute Gasteiger partial charge is 0.151 e. The highest BCUT2D eigenvalue weighted by Gasteiger charge is 2.11. The van der Waals surface area contributed by atoms with Gasteiger partial charge in [0.1, 0.15) is 6.33 Å². The number of H-pyrrole nitrogens is 2. The van der Waals surface area contributed by atoms with Gasteiger partial charge in [-0.25, -0.2) is 15.0 Å². The van der Waals surface area contributed by atoms with Gasteiger partial charge < -0.3 is 20.6 Å². The molecule has 6 aromatic rings. The Kier molecular flexibility index (Phi) is 5.50. The fraction of sp³-hybridized carbons (Fsp3) is 0.115. The topological polar surface area (TPSA) is 94.3 Å². The first-order valence-electron chi connectivity index (χ1n) is 11.2. The van der Waals surface area contributed by atoms with Gasteiger partial charge in [0.05, 0.1) is 16.5 Å². The molecule has 0 fully saturated rings. The summed E-state index contributed by atoms with van der Waals surface area (Å²) in [4.78, 5) is 20.6. The molecule has 4 heterocycles. The number of nitrogens with zero attached hydrogens (tertiary/aromatic N) is 3. The van der Waals surface area contributed by atoms with E-state index < -0.39 is 0 Å². The van der Waals surface area contributed by atoms with Gasteiger partial charge in [0.15, 0.2) is 5.82 Å². The molecular formula is C26H23N7S. The fourth-order valence-corrected chi connectivity index (χ4v) is 5.08. The lowest BCUT2D eigenvalue weighted by Crippen LogP contribution is -2.16. The number of benzene rings is 2. The molecule has 4 N–H and O–H groups in total. The van der Waals surface area contributed by atoms with Crippen molar-refractivity contribution in [3.8, 4) is 10.4 Å². The number of anilines is 2. The van der Waals surface area contributed by atoms with Gasteiger partial charge in [-0.2, -0.15) is 0 Å². The summed E-state index contributed by atoms with van der Waals surface area (Å²) >= 11 is 1.71. The zero-order valence-corrected chi connectivity index (χ0v) is 19.2. The average molecular weight is 466 g/mol. The van der Waals surface area contributed by atoms with Crippen LogP contribution in [0.5, 0.6) is 0 Å². The molecule has 0 radical (unpaired) electrons. The number of thiophene rings is 1. The molecule has 2 aromatic carbocycles. The van der Waals surface area contributed by atoms with Crippen LogP contribution in [0.1, 0.15) is 11.3 Å². The van der Waals surface area contributed by atoms with E-state index >= 15 is 0 Å². The maximum absolute atomic E-state index is 4.52. The molecule has 0 amide bonds. The molecule has 34 heavy (non-hydrogen) atoms. The Morgan fingerprint density at radius 3 is 2.76 bits per heavy atom. The van der Waals surface area contributed by atoms with Gasteiger partial charge in [-0.1, -0.05) is 24.3 Å². The number of hydrogen-bond donors (Lipinski definition) is 4. The third-order valence-electron chi connectivity index (χ3n) is 5.82. The molecule has 0 saturated heterocycles. The number of hydrogen-bond acceptors (Lipinski definition) is 6. The summed E-state index contributed by atoms with van der Waals surface area (Å²) in [6.45, 7) is 1.75. The third kappa shape index (κ3) is 4.28. The van der Waals surface area contributed by atoms with E-state index in [2.05, 4.69) is 90.2 Å². The average Bonchev–Trinajstić information content (AvgIpc) is 3.63. The zero-order chi connectivity index (χ0) is 22.7. The van der Waals surface area contributed by atoms with Crippen molar-refractivity contribution in [2.45, 2.75) is 13.0 Å². The Balaban J connectivity index is 1.16. The van der Waals surface area contributed by atoms with Crippen molar-refractivity contribution >= 4 is 44.0 Å². The molecule has 168 valence electrons. The summed E-state index contributed by atoms with van der Waals surface area (Å²) in [6, 6.07) is 19.2. The largest absolute Gasteiger partial charge is 0.361 e. The molecule has 0 unspecified atom stereocenters. The Morgan fingerprint density at radius 2 is 1.88 bits per heavy atom. The molecule has 7 nitrogen and oxygen atoms in total. The molecule has 0 aliphatic heterocycles. The van der Waals surface area contributed by atoms with E-state index in [1.807, 2.05) is 12.4 Å². The van der Waals surface area contributed by atoms with E-state index in [1.54, 1.807) is 24.0 Å². The second-order valence-electron chi connectivity index (χ2n) is 8.15. The highest BCUT2D eigenvalue weighted by atomic mass is 32.1. The number of aromatic amines is 2. The predicted molar refractivity (Wildman–Crippen MR) is 138 cm³/mol. The lowest BCUT2D eigenvalue weighted by atomic mass is 10.1. The first-order valence-corrected chi connectivity index (χ1v) is 12.0. The first-order chi connectivity index (χ1) is 16.8. The van der Waals surface area contributed by atoms with Crippen molar-refractivity contribution in [1.29, 1.82) is 0 Å². The van der Waals surface area contributed by atoms with Gasteiger partial charge in [0.25, 0.3) is 0 Å². The summed E-state index contributed by atoms with van der Waals surface area (Å²) in [6.07, 6.45) is 8.10. The summed E-state index contributed by atoms with van der Waals surface area (Å²) in [5, 5.41) is 8.12. The van der Waals surface area contributed by atoms with Crippen LogP contribution >= 0.6 is 11.3 Å². The van der Waals surface area contributed by atoms with E-state index in [0.717, 1.165) is 57.8 Å². The number of aromatic nitrogens is 5. The SMILES string of the molecule is c1nc(Nc2ccc3[nH]ccc3c2)c2sc(-c3ccc(CNCCc4cnc[nH]4)cc3)cc2n1. The fourth-order valence-electron chi connectivity index (χ4n) is 4.02. The predicted octanol–water partition coefficient (Wildman–Crippen LogP) is 5.64. The summed E-state index contributed by atoms with van der Waals surface area (Å²) < 4.78 is 1.05. The minimum absolute atomic E-state index is 0.828. The molecule has 4 aromatic heterocycles. The quantitative estimate of drug-likeness (QED) is 0.218. The normalized spacial score (nSPS) is 11.4. The van der Waals surface area contributed by atoms with Crippen LogP contribution in [0.15, 0.2) is 79.6 Å². The van der Waals surface area contributed by atoms with Crippen LogP contribution in [0, 0.1) is 0 Å². The van der Waals surface area contributed by atoms with Crippen LogP contribution in [0.4, 0.5) is 11.5 Å². The highest BCUT2D eigenvalue weighted by Crippen LogP contribution is 2.36. The van der Waals surface area contributed by atoms with Crippen molar-refractivity contribution in [2.24, 2.45) is 0 Å². The molecule has 0 saturated carbocycles. The van der Waals surface area contributed by atoms with E-state index in [-0.39, 0.29) is 0 Å². The number of fused-ring (bicyclic) bond motifs is 2. The van der Waals surface area contributed by atoms with Crippen molar-refractivity contribution in [2.75, 3.05) is 11.9 Å². The first kappa shape index (κ1) is 20.6. The van der Waals surface area contributed by atoms with E-state index in [4.69, 9.17) is 0 Å². The Morgan fingerprint density at radius 1 is 0.941 bits per heavy atom. The summed E-state index contributed by atoms with van der Waals surface area (Å²) in [7, 11) is 0. The lowest BCUT2D eigenvalue weighted by Gasteiger charge is -2.06. The van der Waals surface area contributed by atoms with E-state index in [9.17, 15) is 0 Å². The maximum atomic E-state index is 4.52. The van der Waals surface area contributed by atoms with Gasteiger partial charge in [-0.05, 0) is 41.5 Å². The Bertz CT molecular complexity index is 1530. The number of imidazole rings is 1. The van der Waals surface area contributed by atoms with Crippen LogP contribution in [-0.2, 0) is 13.0 Å². The van der Waals surface area contributed by atoms with Gasteiger partial charge in [0, 0.05) is 59.1 Å². The van der Waals surface area contributed by atoms with Crippen molar-refractivity contribution < 1.29 is 0 Å². The Labute approximate surface area is 200 Å². The van der Waals surface area contributed by atoms with Crippen molar-refractivity contribution in [3.63, 3.8) is 0 Å². The zero-order valence-electron chi connectivity index (χ0n) is 18.4. The van der Waals surface area contributed by atoms with Gasteiger partial charge in [0.2, 0.25) is 0 Å². The second-order valence-corrected chi connectivity index (χ2v) is 9.20. The lowest BCUT2D eigenvalue weighted by molar-refractivity contribution is 0.681. The standard InChI is InChI=1S/C26H23N7S/c1-3-18(4-2-17(1)13-27-9-8-21-14-28-15-30-21)24-12-23-25(34-24)26(32-16-31-23)33-20-5-6-22-19(11-20)7-10-29-22/h1-7,10-12,14-16,27,29H,8-9,13H2,(H,28,30)(H,31,32,33). The van der Waals surface area contributed by atoms with Crippen molar-refractivity contribution in [1.82, 2.24) is 30.2 Å². The van der Waals surface area contributed by atoms with E-state index in [1.165, 1.54) is 16.0 Å². The number of nitrogens with one attached hydrogen (secondary N) is 4. The number of rotatable bonds is 8. The van der Waals surface area contributed by atoms with Crippen LogP contribution < -0.4 is 10.6 Å². The molecule has 6 rings (SSSR count). The van der Waals surface area contributed by atoms with Gasteiger partial charge >= 0.3 is 0 Å². The molecule has 0 aliphatic carbocycles. The van der Waals surface area contributed by atoms with Crippen LogP contribution in [-0.4, -0.2) is 31.5 Å². The molecular weight excluding hydrogens is 442 g/mol. The van der Waals surface area contributed by atoms with Crippen LogP contribution in [0.3, 0.4) is 0 Å². The minimum Gasteiger partial charge on any atom is -0.361 e. The second kappa shape index (κ2) is 9.09. The molecule has 0 bridgehead atoms. The maximum Gasteiger partial charge on any atom is 0.151 e. The third-order valence-corrected chi connectivity index (χ3v) is 7.00. The minimum atomic E-state index is 0.828. The van der Waals surface area contributed by atoms with Crippen LogP contribution in [0.25, 0.3) is 31.6 Å².